The lowest BCUT2D eigenvalue weighted by atomic mass is 10.1. The van der Waals surface area contributed by atoms with E-state index in [-0.39, 0.29) is 5.69 Å². The minimum atomic E-state index is -0.458. The Morgan fingerprint density at radius 3 is 2.81 bits per heavy atom. The molecule has 0 bridgehead atoms. The molecule has 26 heavy (non-hydrogen) atoms. The molecule has 2 aromatic carbocycles. The number of anilines is 4. The Morgan fingerprint density at radius 2 is 1.96 bits per heavy atom. The fourth-order valence-electron chi connectivity index (χ4n) is 2.93. The van der Waals surface area contributed by atoms with Crippen LogP contribution in [0.5, 0.6) is 0 Å². The molecule has 0 unspecified atom stereocenters. The molecule has 2 N–H and O–H groups in total. The van der Waals surface area contributed by atoms with E-state index in [1.807, 2.05) is 6.07 Å². The molecule has 1 aliphatic rings. The van der Waals surface area contributed by atoms with Crippen molar-refractivity contribution in [3.05, 3.63) is 76.2 Å². The molecular formula is C20H16ClFN4. The third kappa shape index (κ3) is 3.53. The smallest absolute Gasteiger partial charge is 0.229 e. The van der Waals surface area contributed by atoms with Gasteiger partial charge in [-0.2, -0.15) is 4.98 Å². The molecular weight excluding hydrogens is 351 g/mol. The van der Waals surface area contributed by atoms with Gasteiger partial charge in [0.25, 0.3) is 0 Å². The number of halogens is 2. The fourth-order valence-corrected chi connectivity index (χ4v) is 3.09. The second-order valence-corrected chi connectivity index (χ2v) is 6.66. The molecule has 130 valence electrons. The lowest BCUT2D eigenvalue weighted by Gasteiger charge is -2.10. The Hall–Kier alpha value is -2.92. The Labute approximate surface area is 155 Å². The first-order valence-corrected chi connectivity index (χ1v) is 8.57. The summed E-state index contributed by atoms with van der Waals surface area (Å²) >= 11 is 5.77. The molecule has 0 amide bonds. The summed E-state index contributed by atoms with van der Waals surface area (Å²) in [4.78, 5) is 8.52. The van der Waals surface area contributed by atoms with E-state index in [0.29, 0.717) is 16.8 Å². The summed E-state index contributed by atoms with van der Waals surface area (Å²) in [5.41, 5.74) is 5.12. The molecule has 3 aromatic rings. The van der Waals surface area contributed by atoms with Crippen LogP contribution in [0.3, 0.4) is 0 Å². The predicted octanol–water partition coefficient (Wildman–Crippen LogP) is 5.72. The number of nitrogens with zero attached hydrogens (tertiary/aromatic N) is 2. The quantitative estimate of drug-likeness (QED) is 0.620. The van der Waals surface area contributed by atoms with Crippen LogP contribution in [-0.4, -0.2) is 9.97 Å². The van der Waals surface area contributed by atoms with Crippen LogP contribution in [0.1, 0.15) is 18.1 Å². The Morgan fingerprint density at radius 1 is 1.08 bits per heavy atom. The van der Waals surface area contributed by atoms with Gasteiger partial charge in [0.05, 0.1) is 5.69 Å². The third-order valence-electron chi connectivity index (χ3n) is 4.12. The highest BCUT2D eigenvalue weighted by atomic mass is 35.5. The molecule has 0 aliphatic heterocycles. The SMILES string of the molecule is CC1=Cc2cc(Nc3ccnc(Nc4ccc(Cl)cc4F)n3)ccc2C1. The number of aromatic nitrogens is 2. The maximum Gasteiger partial charge on any atom is 0.229 e. The number of allylic oxidation sites excluding steroid dienone is 1. The predicted molar refractivity (Wildman–Crippen MR) is 104 cm³/mol. The Bertz CT molecular complexity index is 1020. The first kappa shape index (κ1) is 16.5. The lowest BCUT2D eigenvalue weighted by Crippen LogP contribution is -2.01. The number of nitrogens with one attached hydrogen (secondary N) is 2. The van der Waals surface area contributed by atoms with Crippen molar-refractivity contribution >= 4 is 40.8 Å². The van der Waals surface area contributed by atoms with E-state index < -0.39 is 5.82 Å². The summed E-state index contributed by atoms with van der Waals surface area (Å²) in [5.74, 6) is 0.462. The summed E-state index contributed by atoms with van der Waals surface area (Å²) in [6.07, 6.45) is 4.81. The molecule has 0 spiro atoms. The monoisotopic (exact) mass is 366 g/mol. The van der Waals surface area contributed by atoms with Gasteiger partial charge in [-0.25, -0.2) is 9.37 Å². The normalized spacial score (nSPS) is 12.5. The summed E-state index contributed by atoms with van der Waals surface area (Å²) < 4.78 is 13.9. The van der Waals surface area contributed by atoms with Gasteiger partial charge in [0.2, 0.25) is 5.95 Å². The van der Waals surface area contributed by atoms with Crippen molar-refractivity contribution in [2.24, 2.45) is 0 Å². The average molecular weight is 367 g/mol. The molecule has 1 aliphatic carbocycles. The molecule has 1 aromatic heterocycles. The second-order valence-electron chi connectivity index (χ2n) is 6.22. The molecule has 6 heteroatoms. The van der Waals surface area contributed by atoms with Crippen molar-refractivity contribution in [1.82, 2.24) is 9.97 Å². The van der Waals surface area contributed by atoms with Crippen LogP contribution in [-0.2, 0) is 6.42 Å². The molecule has 1 heterocycles. The second kappa shape index (κ2) is 6.77. The molecule has 0 fully saturated rings. The first-order valence-electron chi connectivity index (χ1n) is 8.19. The standard InChI is InChI=1S/C20H16ClFN4/c1-12-8-13-2-4-16(10-14(13)9-12)24-19-6-7-23-20(26-19)25-18-5-3-15(21)11-17(18)22/h2-7,9-11H,8H2,1H3,(H2,23,24,25,26). The molecule has 0 atom stereocenters. The van der Waals surface area contributed by atoms with E-state index >= 15 is 0 Å². The van der Waals surface area contributed by atoms with E-state index in [1.165, 1.54) is 22.8 Å². The van der Waals surface area contributed by atoms with Gasteiger partial charge in [0, 0.05) is 16.9 Å². The van der Waals surface area contributed by atoms with Crippen molar-refractivity contribution in [3.63, 3.8) is 0 Å². The zero-order chi connectivity index (χ0) is 18.1. The van der Waals surface area contributed by atoms with E-state index in [1.54, 1.807) is 24.4 Å². The van der Waals surface area contributed by atoms with Crippen LogP contribution in [0.25, 0.3) is 6.08 Å². The van der Waals surface area contributed by atoms with Crippen LogP contribution in [0.15, 0.2) is 54.2 Å². The number of benzene rings is 2. The van der Waals surface area contributed by atoms with Gasteiger partial charge in [0.15, 0.2) is 0 Å². The van der Waals surface area contributed by atoms with Crippen LogP contribution < -0.4 is 10.6 Å². The fraction of sp³-hybridized carbons (Fsp3) is 0.100. The molecule has 0 radical (unpaired) electrons. The zero-order valence-electron chi connectivity index (χ0n) is 14.1. The molecule has 4 nitrogen and oxygen atoms in total. The Balaban J connectivity index is 1.54. The lowest BCUT2D eigenvalue weighted by molar-refractivity contribution is 0.631. The van der Waals surface area contributed by atoms with Gasteiger partial charge in [-0.15, -0.1) is 0 Å². The number of hydrogen-bond donors (Lipinski definition) is 2. The van der Waals surface area contributed by atoms with Crippen LogP contribution in [0, 0.1) is 5.82 Å². The highest BCUT2D eigenvalue weighted by molar-refractivity contribution is 6.30. The minimum Gasteiger partial charge on any atom is -0.340 e. The van der Waals surface area contributed by atoms with E-state index in [4.69, 9.17) is 11.6 Å². The molecule has 0 saturated carbocycles. The van der Waals surface area contributed by atoms with Gasteiger partial charge >= 0.3 is 0 Å². The highest BCUT2D eigenvalue weighted by Gasteiger charge is 2.10. The van der Waals surface area contributed by atoms with Crippen molar-refractivity contribution in [1.29, 1.82) is 0 Å². The van der Waals surface area contributed by atoms with Gasteiger partial charge in [-0.05, 0) is 60.9 Å². The van der Waals surface area contributed by atoms with Crippen molar-refractivity contribution < 1.29 is 4.39 Å². The number of hydrogen-bond acceptors (Lipinski definition) is 4. The molecule has 4 rings (SSSR count). The Kier molecular flexibility index (Phi) is 4.31. The van der Waals surface area contributed by atoms with E-state index in [0.717, 1.165) is 12.1 Å². The van der Waals surface area contributed by atoms with Crippen LogP contribution >= 0.6 is 11.6 Å². The highest BCUT2D eigenvalue weighted by Crippen LogP contribution is 2.28. The van der Waals surface area contributed by atoms with Crippen molar-refractivity contribution in [2.75, 3.05) is 10.6 Å². The third-order valence-corrected chi connectivity index (χ3v) is 4.36. The van der Waals surface area contributed by atoms with Gasteiger partial charge in [-0.1, -0.05) is 29.3 Å². The van der Waals surface area contributed by atoms with Crippen molar-refractivity contribution in [3.8, 4) is 0 Å². The summed E-state index contributed by atoms with van der Waals surface area (Å²) in [5, 5.41) is 6.47. The van der Waals surface area contributed by atoms with Gasteiger partial charge in [0.1, 0.15) is 11.6 Å². The van der Waals surface area contributed by atoms with Gasteiger partial charge < -0.3 is 10.6 Å². The minimum absolute atomic E-state index is 0.268. The van der Waals surface area contributed by atoms with E-state index in [9.17, 15) is 4.39 Å². The van der Waals surface area contributed by atoms with E-state index in [2.05, 4.69) is 45.7 Å². The summed E-state index contributed by atoms with van der Waals surface area (Å²) in [6.45, 7) is 2.13. The zero-order valence-corrected chi connectivity index (χ0v) is 14.8. The maximum absolute atomic E-state index is 13.9. The van der Waals surface area contributed by atoms with Gasteiger partial charge in [-0.3, -0.25) is 0 Å². The van der Waals surface area contributed by atoms with Crippen LogP contribution in [0.2, 0.25) is 5.02 Å². The molecule has 0 saturated heterocycles. The average Bonchev–Trinajstić information content (AvgIpc) is 2.97. The maximum atomic E-state index is 13.9. The topological polar surface area (TPSA) is 49.8 Å². The first-order chi connectivity index (χ1) is 12.6. The summed E-state index contributed by atoms with van der Waals surface area (Å²) in [7, 11) is 0. The number of rotatable bonds is 4. The van der Waals surface area contributed by atoms with Crippen molar-refractivity contribution in [2.45, 2.75) is 13.3 Å². The van der Waals surface area contributed by atoms with Crippen LogP contribution in [0.4, 0.5) is 27.5 Å². The number of fused-ring (bicyclic) bond motifs is 1. The summed E-state index contributed by atoms with van der Waals surface area (Å²) in [6, 6.07) is 12.4. The largest absolute Gasteiger partial charge is 0.340 e.